The molecule has 0 saturated carbocycles. The molecule has 148 valence electrons. The first-order valence-electron chi connectivity index (χ1n) is 9.63. The Labute approximate surface area is 170 Å². The third-order valence-electron chi connectivity index (χ3n) is 4.71. The second-order valence-electron chi connectivity index (χ2n) is 6.87. The van der Waals surface area contributed by atoms with Gasteiger partial charge in [-0.1, -0.05) is 17.7 Å². The van der Waals surface area contributed by atoms with Crippen molar-refractivity contribution in [2.75, 3.05) is 36.5 Å². The highest BCUT2D eigenvalue weighted by Gasteiger charge is 2.20. The molecule has 0 radical (unpaired) electrons. The summed E-state index contributed by atoms with van der Waals surface area (Å²) in [4.78, 5) is 19.3. The summed E-state index contributed by atoms with van der Waals surface area (Å²) in [5.74, 6) is 1.99. The standard InChI is InChI=1S/C23H23N3O3/c1-17-4-8-19(9-5-17)29-20-10-6-18(7-11-20)25-23(27)21-3-2-12-24-22(21)26-13-15-28-16-14-26/h2-12H,13-16H2,1H3,(H,25,27). The molecule has 1 aliphatic heterocycles. The number of ether oxygens (including phenoxy) is 2. The predicted molar refractivity (Wildman–Crippen MR) is 113 cm³/mol. The molecule has 0 aliphatic carbocycles. The second kappa shape index (κ2) is 8.75. The smallest absolute Gasteiger partial charge is 0.259 e. The molecule has 1 fully saturated rings. The summed E-state index contributed by atoms with van der Waals surface area (Å²) in [5.41, 5.74) is 2.43. The molecule has 1 aromatic heterocycles. The molecule has 2 heterocycles. The highest BCUT2D eigenvalue weighted by atomic mass is 16.5. The fraction of sp³-hybridized carbons (Fsp3) is 0.217. The van der Waals surface area contributed by atoms with Crippen molar-refractivity contribution in [1.29, 1.82) is 0 Å². The molecule has 6 heteroatoms. The molecular formula is C23H23N3O3. The van der Waals surface area contributed by atoms with E-state index in [1.807, 2.05) is 55.5 Å². The van der Waals surface area contributed by atoms with Gasteiger partial charge in [-0.15, -0.1) is 0 Å². The molecule has 0 atom stereocenters. The largest absolute Gasteiger partial charge is 0.457 e. The van der Waals surface area contributed by atoms with Gasteiger partial charge in [0.25, 0.3) is 5.91 Å². The number of nitrogens with one attached hydrogen (secondary N) is 1. The van der Waals surface area contributed by atoms with Crippen molar-refractivity contribution in [3.63, 3.8) is 0 Å². The average Bonchev–Trinajstić information content (AvgIpc) is 2.77. The van der Waals surface area contributed by atoms with E-state index in [9.17, 15) is 4.79 Å². The van der Waals surface area contributed by atoms with E-state index in [2.05, 4.69) is 15.2 Å². The van der Waals surface area contributed by atoms with E-state index in [4.69, 9.17) is 9.47 Å². The van der Waals surface area contributed by atoms with E-state index in [1.54, 1.807) is 18.3 Å². The fourth-order valence-electron chi connectivity index (χ4n) is 3.15. The lowest BCUT2D eigenvalue weighted by atomic mass is 10.2. The van der Waals surface area contributed by atoms with E-state index in [1.165, 1.54) is 5.56 Å². The predicted octanol–water partition coefficient (Wildman–Crippen LogP) is 4.27. The van der Waals surface area contributed by atoms with Gasteiger partial charge in [-0.3, -0.25) is 4.79 Å². The third-order valence-corrected chi connectivity index (χ3v) is 4.71. The minimum absolute atomic E-state index is 0.188. The van der Waals surface area contributed by atoms with Crippen molar-refractivity contribution in [2.24, 2.45) is 0 Å². The lowest BCUT2D eigenvalue weighted by Gasteiger charge is -2.29. The highest BCUT2D eigenvalue weighted by molar-refractivity contribution is 6.07. The Morgan fingerprint density at radius 3 is 2.34 bits per heavy atom. The molecule has 6 nitrogen and oxygen atoms in total. The normalized spacial score (nSPS) is 13.8. The van der Waals surface area contributed by atoms with Crippen molar-refractivity contribution < 1.29 is 14.3 Å². The Kier molecular flexibility index (Phi) is 5.72. The van der Waals surface area contributed by atoms with Crippen molar-refractivity contribution in [3.8, 4) is 11.5 Å². The Morgan fingerprint density at radius 1 is 1.00 bits per heavy atom. The molecule has 3 aromatic rings. The lowest BCUT2D eigenvalue weighted by Crippen LogP contribution is -2.38. The van der Waals surface area contributed by atoms with Crippen LogP contribution in [0.25, 0.3) is 0 Å². The molecule has 0 bridgehead atoms. The monoisotopic (exact) mass is 389 g/mol. The van der Waals surface area contributed by atoms with E-state index >= 15 is 0 Å². The first kappa shape index (κ1) is 19.0. The quantitative estimate of drug-likeness (QED) is 0.706. The number of carbonyl (C=O) groups excluding carboxylic acids is 1. The second-order valence-corrected chi connectivity index (χ2v) is 6.87. The number of morpholine rings is 1. The van der Waals surface area contributed by atoms with Crippen LogP contribution in [0.4, 0.5) is 11.5 Å². The van der Waals surface area contributed by atoms with Gasteiger partial charge in [0, 0.05) is 25.0 Å². The fourth-order valence-corrected chi connectivity index (χ4v) is 3.15. The van der Waals surface area contributed by atoms with Crippen LogP contribution >= 0.6 is 0 Å². The van der Waals surface area contributed by atoms with Crippen LogP contribution < -0.4 is 15.0 Å². The molecule has 0 spiro atoms. The number of aromatic nitrogens is 1. The first-order valence-corrected chi connectivity index (χ1v) is 9.63. The number of hydrogen-bond donors (Lipinski definition) is 1. The summed E-state index contributed by atoms with van der Waals surface area (Å²) in [5, 5.41) is 2.94. The average molecular weight is 389 g/mol. The van der Waals surface area contributed by atoms with Crippen molar-refractivity contribution in [1.82, 2.24) is 4.98 Å². The van der Waals surface area contributed by atoms with Crippen LogP contribution in [0.3, 0.4) is 0 Å². The van der Waals surface area contributed by atoms with E-state index in [0.29, 0.717) is 36.0 Å². The number of hydrogen-bond acceptors (Lipinski definition) is 5. The van der Waals surface area contributed by atoms with Crippen LogP contribution in [0.15, 0.2) is 66.9 Å². The zero-order valence-electron chi connectivity index (χ0n) is 16.3. The molecule has 29 heavy (non-hydrogen) atoms. The van der Waals surface area contributed by atoms with Crippen LogP contribution in [0.1, 0.15) is 15.9 Å². The number of nitrogens with zero attached hydrogens (tertiary/aromatic N) is 2. The number of carbonyl (C=O) groups is 1. The Morgan fingerprint density at radius 2 is 1.66 bits per heavy atom. The summed E-state index contributed by atoms with van der Waals surface area (Å²) in [6.07, 6.45) is 1.71. The van der Waals surface area contributed by atoms with Crippen LogP contribution in [-0.4, -0.2) is 37.2 Å². The zero-order chi connectivity index (χ0) is 20.1. The SMILES string of the molecule is Cc1ccc(Oc2ccc(NC(=O)c3cccnc3N3CCOCC3)cc2)cc1. The third kappa shape index (κ3) is 4.73. The number of rotatable bonds is 5. The molecule has 1 aliphatic rings. The number of amides is 1. The lowest BCUT2D eigenvalue weighted by molar-refractivity contribution is 0.102. The molecular weight excluding hydrogens is 366 g/mol. The maximum Gasteiger partial charge on any atom is 0.259 e. The first-order chi connectivity index (χ1) is 14.2. The molecule has 4 rings (SSSR count). The van der Waals surface area contributed by atoms with Gasteiger partial charge in [0.05, 0.1) is 18.8 Å². The number of aryl methyl sites for hydroxylation is 1. The van der Waals surface area contributed by atoms with Crippen LogP contribution in [0.5, 0.6) is 11.5 Å². The van der Waals surface area contributed by atoms with Gasteiger partial charge in [0.1, 0.15) is 17.3 Å². The van der Waals surface area contributed by atoms with Crippen LogP contribution in [-0.2, 0) is 4.74 Å². The summed E-state index contributed by atoms with van der Waals surface area (Å²) in [6, 6.07) is 18.8. The number of benzene rings is 2. The molecule has 1 amide bonds. The van der Waals surface area contributed by atoms with E-state index in [0.717, 1.165) is 18.8 Å². The highest BCUT2D eigenvalue weighted by Crippen LogP contribution is 2.24. The Hall–Kier alpha value is -3.38. The Bertz CT molecular complexity index is 965. The van der Waals surface area contributed by atoms with Gasteiger partial charge in [0.15, 0.2) is 0 Å². The van der Waals surface area contributed by atoms with Gasteiger partial charge < -0.3 is 19.7 Å². The zero-order valence-corrected chi connectivity index (χ0v) is 16.3. The maximum atomic E-state index is 12.8. The maximum absolute atomic E-state index is 12.8. The van der Waals surface area contributed by atoms with E-state index in [-0.39, 0.29) is 5.91 Å². The summed E-state index contributed by atoms with van der Waals surface area (Å²) >= 11 is 0. The number of anilines is 2. The van der Waals surface area contributed by atoms with Crippen LogP contribution in [0.2, 0.25) is 0 Å². The van der Waals surface area contributed by atoms with Gasteiger partial charge in [-0.2, -0.15) is 0 Å². The van der Waals surface area contributed by atoms with Crippen LogP contribution in [0, 0.1) is 6.92 Å². The molecule has 1 N–H and O–H groups in total. The summed E-state index contributed by atoms with van der Waals surface area (Å²) in [6.45, 7) is 4.76. The van der Waals surface area contributed by atoms with Gasteiger partial charge in [-0.25, -0.2) is 4.98 Å². The van der Waals surface area contributed by atoms with Crippen molar-refractivity contribution >= 4 is 17.4 Å². The molecule has 2 aromatic carbocycles. The molecule has 0 unspecified atom stereocenters. The van der Waals surface area contributed by atoms with Crippen molar-refractivity contribution in [3.05, 3.63) is 78.0 Å². The minimum Gasteiger partial charge on any atom is -0.457 e. The van der Waals surface area contributed by atoms with Gasteiger partial charge >= 0.3 is 0 Å². The minimum atomic E-state index is -0.188. The molecule has 1 saturated heterocycles. The van der Waals surface area contributed by atoms with Gasteiger partial charge in [-0.05, 0) is 55.5 Å². The topological polar surface area (TPSA) is 63.7 Å². The number of pyridine rings is 1. The van der Waals surface area contributed by atoms with Gasteiger partial charge in [0.2, 0.25) is 0 Å². The summed E-state index contributed by atoms with van der Waals surface area (Å²) < 4.78 is 11.2. The van der Waals surface area contributed by atoms with E-state index < -0.39 is 0 Å². The Balaban J connectivity index is 1.44. The summed E-state index contributed by atoms with van der Waals surface area (Å²) in [7, 11) is 0. The van der Waals surface area contributed by atoms with Crippen molar-refractivity contribution in [2.45, 2.75) is 6.92 Å².